The van der Waals surface area contributed by atoms with Gasteiger partial charge in [0.1, 0.15) is 6.04 Å². The van der Waals surface area contributed by atoms with E-state index in [1.807, 2.05) is 0 Å². The number of aliphatic imine (C=N–C) groups is 1. The molecule has 0 bridgehead atoms. The highest BCUT2D eigenvalue weighted by Crippen LogP contribution is 2.05. The van der Waals surface area contributed by atoms with E-state index in [4.69, 9.17) is 5.73 Å². The van der Waals surface area contributed by atoms with Crippen molar-refractivity contribution in [2.75, 3.05) is 19.8 Å². The third-order valence-corrected chi connectivity index (χ3v) is 4.41. The van der Waals surface area contributed by atoms with Crippen LogP contribution in [0.5, 0.6) is 0 Å². The van der Waals surface area contributed by atoms with Gasteiger partial charge in [0.05, 0.1) is 13.2 Å². The van der Waals surface area contributed by atoms with E-state index >= 15 is 0 Å². The highest BCUT2D eigenvalue weighted by atomic mass is 17.0. The van der Waals surface area contributed by atoms with Crippen LogP contribution in [0, 0.1) is 25.1 Å². The lowest BCUT2D eigenvalue weighted by Crippen LogP contribution is -2.40. The topological polar surface area (TPSA) is 248 Å². The number of guanidine groups is 1. The molecule has 0 aromatic carbocycles. The van der Waals surface area contributed by atoms with Crippen molar-refractivity contribution >= 4 is 23.7 Å². The first-order chi connectivity index (χ1) is 16.6. The van der Waals surface area contributed by atoms with Gasteiger partial charge in [-0.1, -0.05) is 12.8 Å². The normalized spacial score (nSPS) is 11.7. The van der Waals surface area contributed by atoms with Crippen LogP contribution >= 0.6 is 0 Å². The molecule has 0 saturated heterocycles. The molecule has 0 aliphatic heterocycles. The zero-order valence-corrected chi connectivity index (χ0v) is 19.2. The number of hydrogen-bond acceptors (Lipinski definition) is 11. The van der Waals surface area contributed by atoms with Crippen molar-refractivity contribution in [3.05, 3.63) is 25.1 Å². The number of amides is 3. The summed E-state index contributed by atoms with van der Waals surface area (Å²) in [7, 11) is 0. The smallest absolute Gasteiger partial charge is 0.308 e. The number of rotatable bonds is 20. The second-order valence-electron chi connectivity index (χ2n) is 7.24. The quantitative estimate of drug-likeness (QED) is 0.0513. The Balaban J connectivity index is 4.17. The van der Waals surface area contributed by atoms with E-state index in [0.29, 0.717) is 38.5 Å². The fourth-order valence-corrected chi connectivity index (χ4v) is 2.73. The number of carbonyl (C=O) groups is 3. The van der Waals surface area contributed by atoms with Gasteiger partial charge in [0.15, 0.2) is 5.96 Å². The van der Waals surface area contributed by atoms with Crippen LogP contribution in [0.4, 0.5) is 0 Å². The van der Waals surface area contributed by atoms with Gasteiger partial charge in [0, 0.05) is 24.6 Å². The summed E-state index contributed by atoms with van der Waals surface area (Å²) in [6, 6.07) is -1.12. The summed E-state index contributed by atoms with van der Waals surface area (Å²) in [5, 5.41) is 25.4. The van der Waals surface area contributed by atoms with Gasteiger partial charge in [-0.15, -0.1) is 25.1 Å². The number of nitrogens with one attached hydrogen (secondary N) is 2. The molecule has 0 fully saturated rings. The van der Waals surface area contributed by atoms with Crippen molar-refractivity contribution in [1.82, 2.24) is 10.6 Å². The fraction of sp³-hybridized carbons (Fsp3) is 0.778. The third-order valence-electron chi connectivity index (χ3n) is 4.41. The van der Waals surface area contributed by atoms with E-state index in [0.717, 1.165) is 0 Å². The van der Waals surface area contributed by atoms with E-state index in [1.54, 1.807) is 0 Å². The van der Waals surface area contributed by atoms with E-state index in [9.17, 15) is 39.5 Å². The molecule has 0 spiro atoms. The van der Waals surface area contributed by atoms with Crippen molar-refractivity contribution in [3.63, 3.8) is 0 Å². The van der Waals surface area contributed by atoms with Gasteiger partial charge >= 0.3 is 5.91 Å². The summed E-state index contributed by atoms with van der Waals surface area (Å²) in [5.41, 5.74) is 5.62. The lowest BCUT2D eigenvalue weighted by molar-refractivity contribution is -0.757. The molecule has 35 heavy (non-hydrogen) atoms. The molecule has 0 aromatic heterocycles. The number of carbonyl (C=O) groups excluding carboxylic acids is 3. The first kappa shape index (κ1) is 31.1. The Bertz CT molecular complexity index is 747. The number of hydrogen-bond donors (Lipinski definition) is 3. The first-order valence-corrected chi connectivity index (χ1v) is 11.0. The van der Waals surface area contributed by atoms with Crippen LogP contribution in [-0.4, -0.2) is 59.7 Å². The monoisotopic (exact) mass is 505 g/mol. The minimum Gasteiger partial charge on any atom is -0.370 e. The Hall–Kier alpha value is -3.92. The molecule has 17 nitrogen and oxygen atoms in total. The Morgan fingerprint density at radius 3 is 1.91 bits per heavy atom. The molecule has 3 amide bonds. The summed E-state index contributed by atoms with van der Waals surface area (Å²) in [6.45, 7) is -0.00115. The zero-order chi connectivity index (χ0) is 26.5. The molecule has 0 aliphatic rings. The summed E-state index contributed by atoms with van der Waals surface area (Å²) in [6.07, 6.45) is 3.31. The standard InChI is InChI=1S/C18H31N7O10/c19-18(22-16(27)10-4-2-6-13-35-25(32)33)20-11-7-8-14(17(28)23-29)21-15(26)9-3-1-5-12-34-24(30)31/h14H,1-13H2,(H,21,26)(H3,19,20,22,27). The SMILES string of the molecule is NC(=NCCCC(NC(=O)CCCCCO[N+](=O)[O-])C(=O)N=O)NC(=O)CCCCCO[N+](=O)[O-]. The maximum atomic E-state index is 12.0. The van der Waals surface area contributed by atoms with Gasteiger partial charge in [-0.3, -0.25) is 24.7 Å². The van der Waals surface area contributed by atoms with Crippen molar-refractivity contribution in [1.29, 1.82) is 0 Å². The average Bonchev–Trinajstić information content (AvgIpc) is 2.79. The summed E-state index contributed by atoms with van der Waals surface area (Å²) in [5.74, 6) is -2.01. The maximum Gasteiger partial charge on any atom is 0.308 e. The second-order valence-corrected chi connectivity index (χ2v) is 7.24. The largest absolute Gasteiger partial charge is 0.370 e. The van der Waals surface area contributed by atoms with Gasteiger partial charge in [0.2, 0.25) is 11.8 Å². The zero-order valence-electron chi connectivity index (χ0n) is 19.2. The molecule has 1 unspecified atom stereocenters. The molecule has 0 aromatic rings. The highest BCUT2D eigenvalue weighted by Gasteiger charge is 2.21. The summed E-state index contributed by atoms with van der Waals surface area (Å²) in [4.78, 5) is 78.3. The van der Waals surface area contributed by atoms with Crippen LogP contribution in [0.25, 0.3) is 0 Å². The third kappa shape index (κ3) is 19.3. The van der Waals surface area contributed by atoms with Crippen molar-refractivity contribution < 1.29 is 34.2 Å². The summed E-state index contributed by atoms with van der Waals surface area (Å²) >= 11 is 0. The Kier molecular flexibility index (Phi) is 17.4. The number of nitrogens with zero attached hydrogens (tertiary/aromatic N) is 4. The number of nitroso groups, excluding NO2 is 1. The maximum absolute atomic E-state index is 12.0. The van der Waals surface area contributed by atoms with E-state index in [1.165, 1.54) is 0 Å². The molecular formula is C18H31N7O10. The van der Waals surface area contributed by atoms with Crippen LogP contribution in [0.2, 0.25) is 0 Å². The first-order valence-electron chi connectivity index (χ1n) is 11.0. The predicted octanol–water partition coefficient (Wildman–Crippen LogP) is 0.513. The van der Waals surface area contributed by atoms with Gasteiger partial charge in [-0.2, -0.15) is 0 Å². The molecule has 0 radical (unpaired) electrons. The molecule has 0 heterocycles. The van der Waals surface area contributed by atoms with E-state index in [-0.39, 0.29) is 57.3 Å². The lowest BCUT2D eigenvalue weighted by atomic mass is 10.1. The second kappa shape index (κ2) is 19.5. The van der Waals surface area contributed by atoms with Crippen LogP contribution in [0.15, 0.2) is 10.2 Å². The van der Waals surface area contributed by atoms with Crippen molar-refractivity contribution in [2.24, 2.45) is 15.9 Å². The van der Waals surface area contributed by atoms with E-state index in [2.05, 4.69) is 30.5 Å². The summed E-state index contributed by atoms with van der Waals surface area (Å²) < 4.78 is 0. The average molecular weight is 505 g/mol. The van der Waals surface area contributed by atoms with Crippen LogP contribution < -0.4 is 16.4 Å². The molecule has 17 heteroatoms. The fourth-order valence-electron chi connectivity index (χ4n) is 2.73. The predicted molar refractivity (Wildman–Crippen MR) is 119 cm³/mol. The Labute approximate surface area is 200 Å². The molecule has 1 atom stereocenters. The molecule has 0 saturated carbocycles. The van der Waals surface area contributed by atoms with Gasteiger partial charge < -0.3 is 20.7 Å². The van der Waals surface area contributed by atoms with Gasteiger partial charge in [-0.25, -0.2) is 0 Å². The minimum atomic E-state index is -1.12. The number of nitrogens with two attached hydrogens (primary N) is 1. The van der Waals surface area contributed by atoms with Crippen LogP contribution in [0.1, 0.15) is 64.2 Å². The van der Waals surface area contributed by atoms with Gasteiger partial charge in [0.25, 0.3) is 10.2 Å². The lowest BCUT2D eigenvalue weighted by Gasteiger charge is -2.14. The molecular weight excluding hydrogens is 474 g/mol. The van der Waals surface area contributed by atoms with Crippen molar-refractivity contribution in [3.8, 4) is 0 Å². The Morgan fingerprint density at radius 2 is 1.40 bits per heavy atom. The van der Waals surface area contributed by atoms with Crippen LogP contribution in [-0.2, 0) is 24.1 Å². The van der Waals surface area contributed by atoms with Crippen molar-refractivity contribution in [2.45, 2.75) is 70.3 Å². The van der Waals surface area contributed by atoms with Crippen LogP contribution in [0.3, 0.4) is 0 Å². The van der Waals surface area contributed by atoms with E-state index < -0.39 is 28.0 Å². The molecule has 0 rings (SSSR count). The molecule has 0 aliphatic carbocycles. The minimum absolute atomic E-state index is 0.0385. The Morgan fingerprint density at radius 1 is 0.857 bits per heavy atom. The molecule has 4 N–H and O–H groups in total. The molecule has 198 valence electrons. The van der Waals surface area contributed by atoms with Gasteiger partial charge in [-0.05, 0) is 38.5 Å². The highest BCUT2D eigenvalue weighted by molar-refractivity contribution is 5.96. The number of unbranched alkanes of at least 4 members (excludes halogenated alkanes) is 4.